The molecular formula is C17H17FN2O2S. The second kappa shape index (κ2) is 6.86. The minimum absolute atomic E-state index is 0.216. The number of nitrogens with zero attached hydrogens (tertiary/aromatic N) is 2. The maximum absolute atomic E-state index is 14.0. The summed E-state index contributed by atoms with van der Waals surface area (Å²) in [5, 5.41) is 2.40. The molecule has 2 aromatic rings. The van der Waals surface area contributed by atoms with Crippen molar-refractivity contribution in [2.45, 2.75) is 32.4 Å². The molecule has 0 aliphatic rings. The summed E-state index contributed by atoms with van der Waals surface area (Å²) in [6, 6.07) is 9.18. The quantitative estimate of drug-likeness (QED) is 0.618. The van der Waals surface area contributed by atoms with Gasteiger partial charge in [-0.3, -0.25) is 0 Å². The first-order valence-electron chi connectivity index (χ1n) is 7.08. The molecule has 1 heterocycles. The van der Waals surface area contributed by atoms with Crippen molar-refractivity contribution in [1.29, 1.82) is 0 Å². The van der Waals surface area contributed by atoms with Gasteiger partial charge in [0.2, 0.25) is 5.95 Å². The highest BCUT2D eigenvalue weighted by molar-refractivity contribution is 7.78. The molecule has 0 aliphatic carbocycles. The van der Waals surface area contributed by atoms with E-state index in [9.17, 15) is 9.18 Å². The molecule has 0 saturated heterocycles. The molecule has 2 rings (SSSR count). The van der Waals surface area contributed by atoms with Gasteiger partial charge in [0.1, 0.15) is 5.60 Å². The van der Waals surface area contributed by atoms with Gasteiger partial charge in [0.05, 0.1) is 12.4 Å². The number of ether oxygens (including phenoxy) is 1. The van der Waals surface area contributed by atoms with Crippen molar-refractivity contribution < 1.29 is 13.9 Å². The predicted molar refractivity (Wildman–Crippen MR) is 89.1 cm³/mol. The van der Waals surface area contributed by atoms with Crippen molar-refractivity contribution in [2.24, 2.45) is 0 Å². The van der Waals surface area contributed by atoms with Crippen molar-refractivity contribution in [3.05, 3.63) is 59.9 Å². The summed E-state index contributed by atoms with van der Waals surface area (Å²) in [5.41, 5.74) is -0.264. The van der Waals surface area contributed by atoms with E-state index >= 15 is 0 Å². The Morgan fingerprint density at radius 1 is 1.43 bits per heavy atom. The second-order valence-electron chi connectivity index (χ2n) is 5.63. The van der Waals surface area contributed by atoms with E-state index in [1.54, 1.807) is 13.8 Å². The third-order valence-electron chi connectivity index (χ3n) is 3.40. The molecule has 4 nitrogen and oxygen atoms in total. The zero-order valence-corrected chi connectivity index (χ0v) is 13.9. The lowest BCUT2D eigenvalue weighted by Gasteiger charge is -2.22. The Morgan fingerprint density at radius 2 is 2.09 bits per heavy atom. The van der Waals surface area contributed by atoms with Crippen LogP contribution in [0.25, 0.3) is 0 Å². The summed E-state index contributed by atoms with van der Waals surface area (Å²) in [6.07, 6.45) is 2.73. The number of hydrogen-bond donors (Lipinski definition) is 0. The molecule has 0 spiro atoms. The monoisotopic (exact) mass is 332 g/mol. The lowest BCUT2D eigenvalue weighted by Crippen LogP contribution is -2.28. The molecule has 0 amide bonds. The van der Waals surface area contributed by atoms with Crippen LogP contribution in [0.2, 0.25) is 0 Å². The maximum atomic E-state index is 14.0. The summed E-state index contributed by atoms with van der Waals surface area (Å²) >= 11 is 4.62. The van der Waals surface area contributed by atoms with Gasteiger partial charge in [0, 0.05) is 6.08 Å². The van der Waals surface area contributed by atoms with E-state index < -0.39 is 17.5 Å². The Bertz CT molecular complexity index is 749. The summed E-state index contributed by atoms with van der Waals surface area (Å²) in [6.45, 7) is 5.14. The Morgan fingerprint density at radius 3 is 2.70 bits per heavy atom. The first kappa shape index (κ1) is 17.1. The van der Waals surface area contributed by atoms with Crippen LogP contribution in [0.5, 0.6) is 0 Å². The predicted octanol–water partition coefficient (Wildman–Crippen LogP) is 3.72. The van der Waals surface area contributed by atoms with E-state index in [0.29, 0.717) is 0 Å². The molecule has 0 aliphatic heterocycles. The van der Waals surface area contributed by atoms with Crippen LogP contribution in [0.3, 0.4) is 0 Å². The average molecular weight is 332 g/mol. The topological polar surface area (TPSA) is 44.1 Å². The number of halogens is 1. The van der Waals surface area contributed by atoms with Crippen molar-refractivity contribution in [3.8, 4) is 0 Å². The number of hydrogen-bond acceptors (Lipinski definition) is 4. The molecule has 23 heavy (non-hydrogen) atoms. The molecule has 120 valence electrons. The lowest BCUT2D eigenvalue weighted by atomic mass is 10.1. The van der Waals surface area contributed by atoms with E-state index in [1.807, 2.05) is 37.3 Å². The summed E-state index contributed by atoms with van der Waals surface area (Å²) in [5.74, 6) is -1.66. The van der Waals surface area contributed by atoms with Crippen molar-refractivity contribution >= 4 is 23.2 Å². The van der Waals surface area contributed by atoms with E-state index in [2.05, 4.69) is 22.2 Å². The number of thiocarbonyl (C=S) groups is 1. The number of imidazole rings is 1. The minimum atomic E-state index is -0.976. The van der Waals surface area contributed by atoms with Gasteiger partial charge in [0.25, 0.3) is 0 Å². The van der Waals surface area contributed by atoms with E-state index in [0.717, 1.165) is 5.56 Å². The van der Waals surface area contributed by atoms with E-state index in [4.69, 9.17) is 4.74 Å². The number of aromatic nitrogens is 2. The van der Waals surface area contributed by atoms with E-state index in [-0.39, 0.29) is 11.7 Å². The molecule has 0 fully saturated rings. The van der Waals surface area contributed by atoms with Crippen LogP contribution in [0.4, 0.5) is 4.39 Å². The first-order valence-corrected chi connectivity index (χ1v) is 7.49. The number of esters is 1. The van der Waals surface area contributed by atoms with Crippen LogP contribution < -0.4 is 0 Å². The molecule has 0 bridgehead atoms. The lowest BCUT2D eigenvalue weighted by molar-refractivity contribution is 0.0159. The maximum Gasteiger partial charge on any atom is 0.360 e. The third-order valence-corrected chi connectivity index (χ3v) is 3.52. The zero-order chi connectivity index (χ0) is 17.0. The van der Waals surface area contributed by atoms with Crippen LogP contribution in [-0.2, 0) is 4.74 Å². The zero-order valence-electron chi connectivity index (χ0n) is 13.1. The molecule has 1 atom stereocenters. The van der Waals surface area contributed by atoms with Gasteiger partial charge in [-0.1, -0.05) is 30.3 Å². The van der Waals surface area contributed by atoms with E-state index in [1.165, 1.54) is 17.0 Å². The summed E-state index contributed by atoms with van der Waals surface area (Å²) in [7, 11) is 0. The number of carbonyl (C=O) groups excluding carboxylic acids is 1. The first-order chi connectivity index (χ1) is 10.9. The van der Waals surface area contributed by atoms with Crippen molar-refractivity contribution in [1.82, 2.24) is 9.55 Å². The van der Waals surface area contributed by atoms with Crippen LogP contribution in [0.15, 0.2) is 42.7 Å². The van der Waals surface area contributed by atoms with Crippen molar-refractivity contribution in [2.75, 3.05) is 0 Å². The number of rotatable bonds is 5. The van der Waals surface area contributed by atoms with Crippen LogP contribution in [0, 0.1) is 5.95 Å². The van der Waals surface area contributed by atoms with Crippen molar-refractivity contribution in [3.63, 3.8) is 0 Å². The highest BCUT2D eigenvalue weighted by atomic mass is 32.1. The van der Waals surface area contributed by atoms with Gasteiger partial charge in [-0.25, -0.2) is 9.78 Å². The Balaban J connectivity index is 2.35. The SMILES string of the molecule is C[C@H](c1ccccc1)n1cnc(F)c1C(=O)OC(C)(C)C=C=S. The fourth-order valence-corrected chi connectivity index (χ4v) is 2.46. The van der Waals surface area contributed by atoms with Gasteiger partial charge in [-0.15, -0.1) is 0 Å². The Kier molecular flexibility index (Phi) is 5.08. The molecule has 0 unspecified atom stereocenters. The van der Waals surface area contributed by atoms with Gasteiger partial charge >= 0.3 is 5.97 Å². The van der Waals surface area contributed by atoms with Gasteiger partial charge in [0.15, 0.2) is 5.69 Å². The normalized spacial score (nSPS) is 12.3. The number of carbonyl (C=O) groups is 1. The fourth-order valence-electron chi connectivity index (χ4n) is 2.17. The molecular weight excluding hydrogens is 315 g/mol. The van der Waals surface area contributed by atoms with Crippen LogP contribution in [-0.4, -0.2) is 26.1 Å². The molecule has 1 aromatic carbocycles. The van der Waals surface area contributed by atoms with Gasteiger partial charge in [-0.05, 0) is 43.6 Å². The van der Waals surface area contributed by atoms with Crippen LogP contribution >= 0.6 is 12.2 Å². The Labute approximate surface area is 139 Å². The average Bonchev–Trinajstić information content (AvgIpc) is 2.88. The molecule has 0 radical (unpaired) electrons. The van der Waals surface area contributed by atoms with Gasteiger partial charge in [-0.2, -0.15) is 4.39 Å². The largest absolute Gasteiger partial charge is 0.450 e. The molecule has 6 heteroatoms. The highest BCUT2D eigenvalue weighted by Gasteiger charge is 2.28. The number of benzene rings is 1. The van der Waals surface area contributed by atoms with Gasteiger partial charge < -0.3 is 9.30 Å². The standard InChI is InChI=1S/C17H17FN2O2S/c1-12(13-7-5-4-6-8-13)20-11-19-15(18)14(20)16(21)22-17(2,3)9-10-23/h4-9,11-12H,1-3H3/t12-/m1/s1. The smallest absolute Gasteiger partial charge is 0.360 e. The highest BCUT2D eigenvalue weighted by Crippen LogP contribution is 2.23. The second-order valence-corrected chi connectivity index (χ2v) is 5.87. The minimum Gasteiger partial charge on any atom is -0.450 e. The van der Waals surface area contributed by atoms with Crippen LogP contribution in [0.1, 0.15) is 42.9 Å². The molecule has 1 aromatic heterocycles. The Hall–Kier alpha value is -2.30. The fraction of sp³-hybridized carbons (Fsp3) is 0.294. The molecule has 0 N–H and O–H groups in total. The third kappa shape index (κ3) is 3.92. The summed E-state index contributed by atoms with van der Waals surface area (Å²) in [4.78, 5) is 16.0. The summed E-state index contributed by atoms with van der Waals surface area (Å²) < 4.78 is 20.8. The molecule has 0 saturated carbocycles.